The molecule has 0 bridgehead atoms. The fraction of sp³-hybridized carbons (Fsp3) is 0.333. The molecule has 1 aliphatic heterocycles. The van der Waals surface area contributed by atoms with Crippen LogP contribution in [-0.2, 0) is 6.18 Å². The molecule has 1 fully saturated rings. The molecule has 1 aliphatic rings. The number of nitrogens with zero attached hydrogens (tertiary/aromatic N) is 4. The summed E-state index contributed by atoms with van der Waals surface area (Å²) in [6, 6.07) is 6.06. The molecule has 3 rings (SSSR count). The van der Waals surface area contributed by atoms with E-state index in [0.717, 1.165) is 30.7 Å². The lowest BCUT2D eigenvalue weighted by Crippen LogP contribution is -2.41. The number of nitrogens with one attached hydrogen (secondary N) is 2. The molecule has 162 valence electrons. The summed E-state index contributed by atoms with van der Waals surface area (Å²) in [5.41, 5.74) is -0.314. The first-order chi connectivity index (χ1) is 14.7. The Kier molecular flexibility index (Phi) is 6.24. The number of amidine groups is 1. The Morgan fingerprint density at radius 1 is 1.29 bits per heavy atom. The van der Waals surface area contributed by atoms with Gasteiger partial charge in [-0.2, -0.15) is 22.8 Å². The molecule has 1 aromatic carbocycles. The Bertz CT molecular complexity index is 1020. The van der Waals surface area contributed by atoms with E-state index in [4.69, 9.17) is 10.8 Å². The van der Waals surface area contributed by atoms with Crippen LogP contribution in [-0.4, -0.2) is 42.2 Å². The molecule has 0 saturated carbocycles. The maximum atomic E-state index is 13.4. The molecule has 0 aliphatic carbocycles. The van der Waals surface area contributed by atoms with Gasteiger partial charge in [0.05, 0.1) is 23.2 Å². The van der Waals surface area contributed by atoms with E-state index < -0.39 is 17.7 Å². The van der Waals surface area contributed by atoms with Crippen molar-refractivity contribution in [3.63, 3.8) is 0 Å². The SMILES string of the molecule is CN(C=N)C(=N)C1CCN(c2c(C#N)cc(C(F)(F)F)cc2-c2ccc(F)nc2)CC1. The average Bonchev–Trinajstić information content (AvgIpc) is 2.77. The largest absolute Gasteiger partial charge is 0.416 e. The smallest absolute Gasteiger partial charge is 0.370 e. The zero-order valence-electron chi connectivity index (χ0n) is 16.7. The zero-order chi connectivity index (χ0) is 22.8. The summed E-state index contributed by atoms with van der Waals surface area (Å²) in [6.45, 7) is 0.834. The van der Waals surface area contributed by atoms with Crippen LogP contribution in [0.25, 0.3) is 11.1 Å². The summed E-state index contributed by atoms with van der Waals surface area (Å²) < 4.78 is 53.6. The van der Waals surface area contributed by atoms with Crippen LogP contribution >= 0.6 is 0 Å². The van der Waals surface area contributed by atoms with Crippen molar-refractivity contribution in [2.45, 2.75) is 19.0 Å². The number of halogens is 4. The number of alkyl halides is 3. The zero-order valence-corrected chi connectivity index (χ0v) is 16.7. The van der Waals surface area contributed by atoms with Crippen molar-refractivity contribution in [2.24, 2.45) is 5.92 Å². The minimum Gasteiger partial charge on any atom is -0.370 e. The van der Waals surface area contributed by atoms with Crippen LogP contribution in [0, 0.1) is 34.0 Å². The number of nitriles is 1. The maximum Gasteiger partial charge on any atom is 0.416 e. The van der Waals surface area contributed by atoms with Crippen molar-refractivity contribution < 1.29 is 17.6 Å². The number of rotatable bonds is 4. The quantitative estimate of drug-likeness (QED) is 0.322. The molecule has 0 amide bonds. The summed E-state index contributed by atoms with van der Waals surface area (Å²) in [6.07, 6.45) is -1.35. The van der Waals surface area contributed by atoms with E-state index in [1.165, 1.54) is 11.0 Å². The number of benzene rings is 1. The third-order valence-electron chi connectivity index (χ3n) is 5.37. The molecular formula is C21H20F4N6. The predicted octanol–water partition coefficient (Wildman–Crippen LogP) is 4.51. The first-order valence-electron chi connectivity index (χ1n) is 9.49. The van der Waals surface area contributed by atoms with Crippen molar-refractivity contribution in [2.75, 3.05) is 25.0 Å². The number of hydrogen-bond donors (Lipinski definition) is 2. The third-order valence-corrected chi connectivity index (χ3v) is 5.37. The molecule has 2 N–H and O–H groups in total. The highest BCUT2D eigenvalue weighted by Gasteiger charge is 2.34. The van der Waals surface area contributed by atoms with Crippen LogP contribution in [0.1, 0.15) is 24.0 Å². The second-order valence-corrected chi connectivity index (χ2v) is 7.29. The number of piperidine rings is 1. The maximum absolute atomic E-state index is 13.4. The average molecular weight is 432 g/mol. The molecule has 1 aromatic heterocycles. The van der Waals surface area contributed by atoms with Crippen molar-refractivity contribution in [1.29, 1.82) is 16.1 Å². The molecule has 10 heteroatoms. The Balaban J connectivity index is 2.03. The molecule has 2 heterocycles. The topological polar surface area (TPSA) is 90.9 Å². The molecule has 31 heavy (non-hydrogen) atoms. The van der Waals surface area contributed by atoms with Crippen molar-refractivity contribution in [3.8, 4) is 17.2 Å². The van der Waals surface area contributed by atoms with Gasteiger partial charge in [0.25, 0.3) is 0 Å². The van der Waals surface area contributed by atoms with Gasteiger partial charge in [-0.3, -0.25) is 10.8 Å². The number of aromatic nitrogens is 1. The third kappa shape index (κ3) is 4.66. The minimum absolute atomic E-state index is 0.0984. The van der Waals surface area contributed by atoms with Gasteiger partial charge in [-0.1, -0.05) is 0 Å². The van der Waals surface area contributed by atoms with Crippen LogP contribution in [0.2, 0.25) is 0 Å². The summed E-state index contributed by atoms with van der Waals surface area (Å²) in [5, 5.41) is 25.1. The molecule has 2 aromatic rings. The van der Waals surface area contributed by atoms with Gasteiger partial charge in [-0.05, 0) is 37.1 Å². The predicted molar refractivity (Wildman–Crippen MR) is 109 cm³/mol. The highest BCUT2D eigenvalue weighted by Crippen LogP contribution is 2.41. The highest BCUT2D eigenvalue weighted by molar-refractivity contribution is 5.90. The van der Waals surface area contributed by atoms with Gasteiger partial charge in [0, 0.05) is 43.4 Å². The standard InChI is InChI=1S/C21H20F4N6/c1-30(12-27)20(28)13-4-6-31(7-5-13)19-15(10-26)8-16(21(23,24)25)9-17(19)14-2-3-18(22)29-11-14/h2-3,8-9,11-13,27-28H,4-7H2,1H3. The van der Waals surface area contributed by atoms with Crippen LogP contribution in [0.3, 0.4) is 0 Å². The minimum atomic E-state index is -4.65. The summed E-state index contributed by atoms with van der Waals surface area (Å²) in [7, 11) is 1.62. The first-order valence-corrected chi connectivity index (χ1v) is 9.49. The first kappa shape index (κ1) is 22.2. The Labute approximate surface area is 176 Å². The van der Waals surface area contributed by atoms with Crippen LogP contribution in [0.5, 0.6) is 0 Å². The molecule has 0 radical (unpaired) electrons. The second kappa shape index (κ2) is 8.71. The van der Waals surface area contributed by atoms with Gasteiger partial charge in [-0.15, -0.1) is 0 Å². The molecule has 0 spiro atoms. The highest BCUT2D eigenvalue weighted by atomic mass is 19.4. The molecule has 0 atom stereocenters. The lowest BCUT2D eigenvalue weighted by Gasteiger charge is -2.36. The summed E-state index contributed by atoms with van der Waals surface area (Å²) in [5.74, 6) is -0.559. The Hall–Kier alpha value is -3.48. The number of hydrogen-bond acceptors (Lipinski definition) is 5. The lowest BCUT2D eigenvalue weighted by atomic mass is 9.91. The van der Waals surface area contributed by atoms with Crippen molar-refractivity contribution in [1.82, 2.24) is 9.88 Å². The lowest BCUT2D eigenvalue weighted by molar-refractivity contribution is -0.137. The second-order valence-electron chi connectivity index (χ2n) is 7.29. The van der Waals surface area contributed by atoms with E-state index in [1.54, 1.807) is 7.05 Å². The van der Waals surface area contributed by atoms with Gasteiger partial charge >= 0.3 is 6.18 Å². The van der Waals surface area contributed by atoms with Crippen LogP contribution < -0.4 is 4.90 Å². The van der Waals surface area contributed by atoms with Crippen LogP contribution in [0.15, 0.2) is 30.5 Å². The monoisotopic (exact) mass is 432 g/mol. The Morgan fingerprint density at radius 3 is 2.48 bits per heavy atom. The molecule has 1 saturated heterocycles. The van der Waals surface area contributed by atoms with Crippen LogP contribution in [0.4, 0.5) is 23.2 Å². The van der Waals surface area contributed by atoms with E-state index in [2.05, 4.69) is 4.98 Å². The summed E-state index contributed by atoms with van der Waals surface area (Å²) >= 11 is 0. The van der Waals surface area contributed by atoms with Gasteiger partial charge in [0.2, 0.25) is 5.95 Å². The number of pyridine rings is 1. The van der Waals surface area contributed by atoms with E-state index in [-0.39, 0.29) is 22.6 Å². The van der Waals surface area contributed by atoms with Gasteiger partial charge < -0.3 is 9.80 Å². The van der Waals surface area contributed by atoms with E-state index >= 15 is 0 Å². The molecule has 0 unspecified atom stereocenters. The van der Waals surface area contributed by atoms with Crippen molar-refractivity contribution >= 4 is 17.9 Å². The van der Waals surface area contributed by atoms with Gasteiger partial charge in [0.1, 0.15) is 11.9 Å². The number of anilines is 1. The fourth-order valence-corrected chi connectivity index (χ4v) is 3.71. The normalized spacial score (nSPS) is 14.8. The van der Waals surface area contributed by atoms with E-state index in [9.17, 15) is 22.8 Å². The van der Waals surface area contributed by atoms with E-state index in [0.29, 0.717) is 37.5 Å². The summed E-state index contributed by atoms with van der Waals surface area (Å²) in [4.78, 5) is 6.79. The van der Waals surface area contributed by atoms with Gasteiger partial charge in [0.15, 0.2) is 0 Å². The molecular weight excluding hydrogens is 412 g/mol. The van der Waals surface area contributed by atoms with Gasteiger partial charge in [-0.25, -0.2) is 4.98 Å². The Morgan fingerprint density at radius 2 is 1.97 bits per heavy atom. The van der Waals surface area contributed by atoms with Crippen molar-refractivity contribution in [3.05, 3.63) is 47.5 Å². The van der Waals surface area contributed by atoms with E-state index in [1.807, 2.05) is 11.0 Å². The molecule has 6 nitrogen and oxygen atoms in total. The fourth-order valence-electron chi connectivity index (χ4n) is 3.71.